The van der Waals surface area contributed by atoms with E-state index in [9.17, 15) is 4.79 Å². The molecule has 2 atom stereocenters. The standard InChI is InChI=1S/C12H25N3O3S/c1-12(2,3)18-11(16)15-5-4-9(6-15)7-17-8-10(19)14-13/h9-10,14,19H,4-8,13H2,1-3H3. The molecule has 6 nitrogen and oxygen atoms in total. The van der Waals surface area contributed by atoms with Crippen molar-refractivity contribution >= 4 is 18.7 Å². The minimum absolute atomic E-state index is 0.164. The molecule has 1 aliphatic rings. The van der Waals surface area contributed by atoms with Crippen LogP contribution < -0.4 is 11.3 Å². The van der Waals surface area contributed by atoms with Crippen molar-refractivity contribution in [2.45, 2.75) is 38.2 Å². The van der Waals surface area contributed by atoms with Crippen molar-refractivity contribution in [2.75, 3.05) is 26.3 Å². The quantitative estimate of drug-likeness (QED) is 0.305. The molecule has 0 aliphatic carbocycles. The van der Waals surface area contributed by atoms with Crippen LogP contribution in [0, 0.1) is 5.92 Å². The Morgan fingerprint density at radius 3 is 2.84 bits per heavy atom. The highest BCUT2D eigenvalue weighted by atomic mass is 32.1. The Hall–Kier alpha value is -0.500. The lowest BCUT2D eigenvalue weighted by atomic mass is 10.1. The first kappa shape index (κ1) is 16.6. The van der Waals surface area contributed by atoms with E-state index in [2.05, 4.69) is 18.1 Å². The van der Waals surface area contributed by atoms with E-state index in [-0.39, 0.29) is 11.5 Å². The summed E-state index contributed by atoms with van der Waals surface area (Å²) < 4.78 is 10.8. The molecule has 3 N–H and O–H groups in total. The van der Waals surface area contributed by atoms with Crippen LogP contribution in [0.5, 0.6) is 0 Å². The number of nitrogens with zero attached hydrogens (tertiary/aromatic N) is 1. The Kier molecular flexibility index (Phi) is 6.38. The number of amides is 1. The number of rotatable bonds is 5. The van der Waals surface area contributed by atoms with Gasteiger partial charge in [-0.05, 0) is 27.2 Å². The normalized spacial score (nSPS) is 21.5. The molecule has 0 spiro atoms. The van der Waals surface area contributed by atoms with Crippen LogP contribution in [0.3, 0.4) is 0 Å². The molecular weight excluding hydrogens is 266 g/mol. The number of ether oxygens (including phenoxy) is 2. The minimum Gasteiger partial charge on any atom is -0.444 e. The zero-order chi connectivity index (χ0) is 14.5. The highest BCUT2D eigenvalue weighted by molar-refractivity contribution is 7.80. The Labute approximate surface area is 120 Å². The third-order valence-electron chi connectivity index (χ3n) is 2.76. The summed E-state index contributed by atoms with van der Waals surface area (Å²) in [5.41, 5.74) is 2.05. The number of hydrogen-bond acceptors (Lipinski definition) is 6. The SMILES string of the molecule is CC(C)(C)OC(=O)N1CCC(COCC(S)NN)C1. The largest absolute Gasteiger partial charge is 0.444 e. The summed E-state index contributed by atoms with van der Waals surface area (Å²) in [6, 6.07) is 0. The zero-order valence-electron chi connectivity index (χ0n) is 11.9. The third-order valence-corrected chi connectivity index (χ3v) is 3.06. The molecule has 0 radical (unpaired) electrons. The summed E-state index contributed by atoms with van der Waals surface area (Å²) >= 11 is 4.16. The molecule has 0 aromatic carbocycles. The number of carbonyl (C=O) groups excluding carboxylic acids is 1. The van der Waals surface area contributed by atoms with Crippen molar-refractivity contribution in [3.63, 3.8) is 0 Å². The summed E-state index contributed by atoms with van der Waals surface area (Å²) in [4.78, 5) is 13.6. The molecule has 1 heterocycles. The molecule has 0 saturated carbocycles. The second-order valence-corrected chi connectivity index (χ2v) is 6.42. The maximum absolute atomic E-state index is 11.9. The van der Waals surface area contributed by atoms with E-state index in [1.165, 1.54) is 0 Å². The molecule has 1 rings (SSSR count). The van der Waals surface area contributed by atoms with E-state index >= 15 is 0 Å². The molecule has 7 heteroatoms. The predicted molar refractivity (Wildman–Crippen MR) is 76.8 cm³/mol. The average Bonchev–Trinajstić information content (AvgIpc) is 2.75. The Morgan fingerprint density at radius 1 is 1.58 bits per heavy atom. The van der Waals surface area contributed by atoms with Gasteiger partial charge < -0.3 is 14.4 Å². The average molecular weight is 291 g/mol. The molecule has 1 aliphatic heterocycles. The first-order valence-electron chi connectivity index (χ1n) is 6.51. The van der Waals surface area contributed by atoms with Crippen molar-refractivity contribution in [1.29, 1.82) is 0 Å². The van der Waals surface area contributed by atoms with Crippen LogP contribution in [-0.4, -0.2) is 48.3 Å². The molecule has 0 aromatic rings. The van der Waals surface area contributed by atoms with Gasteiger partial charge >= 0.3 is 6.09 Å². The molecule has 1 amide bonds. The molecule has 1 fully saturated rings. The molecule has 2 unspecified atom stereocenters. The zero-order valence-corrected chi connectivity index (χ0v) is 12.8. The van der Waals surface area contributed by atoms with Gasteiger partial charge in [-0.3, -0.25) is 5.84 Å². The second kappa shape index (κ2) is 7.33. The van der Waals surface area contributed by atoms with E-state index in [4.69, 9.17) is 15.3 Å². The van der Waals surface area contributed by atoms with E-state index in [1.807, 2.05) is 20.8 Å². The fourth-order valence-electron chi connectivity index (χ4n) is 1.86. The fourth-order valence-corrected chi connectivity index (χ4v) is 1.96. The molecule has 0 bridgehead atoms. The van der Waals surface area contributed by atoms with E-state index < -0.39 is 5.60 Å². The van der Waals surface area contributed by atoms with Crippen LogP contribution in [0.15, 0.2) is 0 Å². The summed E-state index contributed by atoms with van der Waals surface area (Å²) in [7, 11) is 0. The van der Waals surface area contributed by atoms with Gasteiger partial charge in [0.05, 0.1) is 18.6 Å². The first-order valence-corrected chi connectivity index (χ1v) is 7.03. The predicted octanol–water partition coefficient (Wildman–Crippen LogP) is 0.979. The number of hydrogen-bond donors (Lipinski definition) is 3. The number of hydrazine groups is 1. The molecule has 112 valence electrons. The smallest absolute Gasteiger partial charge is 0.410 e. The lowest BCUT2D eigenvalue weighted by Crippen LogP contribution is -2.36. The van der Waals surface area contributed by atoms with Crippen molar-refractivity contribution in [2.24, 2.45) is 11.8 Å². The van der Waals surface area contributed by atoms with Gasteiger partial charge in [0, 0.05) is 19.0 Å². The van der Waals surface area contributed by atoms with Crippen LogP contribution in [0.25, 0.3) is 0 Å². The van der Waals surface area contributed by atoms with Gasteiger partial charge in [0.15, 0.2) is 0 Å². The van der Waals surface area contributed by atoms with Gasteiger partial charge in [-0.25, -0.2) is 10.2 Å². The summed E-state index contributed by atoms with van der Waals surface area (Å²) in [5.74, 6) is 5.56. The Bertz CT molecular complexity index is 296. The number of likely N-dealkylation sites (tertiary alicyclic amines) is 1. The molecule has 1 saturated heterocycles. The van der Waals surface area contributed by atoms with Crippen molar-refractivity contribution < 1.29 is 14.3 Å². The van der Waals surface area contributed by atoms with Crippen molar-refractivity contribution in [3.8, 4) is 0 Å². The Balaban J connectivity index is 2.24. The van der Waals surface area contributed by atoms with Gasteiger partial charge in [-0.2, -0.15) is 12.6 Å². The highest BCUT2D eigenvalue weighted by Crippen LogP contribution is 2.19. The Morgan fingerprint density at radius 2 is 2.26 bits per heavy atom. The van der Waals surface area contributed by atoms with Gasteiger partial charge in [0.25, 0.3) is 0 Å². The molecular formula is C12H25N3O3S. The van der Waals surface area contributed by atoms with E-state index in [1.54, 1.807) is 4.90 Å². The number of nitrogens with two attached hydrogens (primary N) is 1. The van der Waals surface area contributed by atoms with Crippen molar-refractivity contribution in [3.05, 3.63) is 0 Å². The maximum Gasteiger partial charge on any atom is 0.410 e. The lowest BCUT2D eigenvalue weighted by molar-refractivity contribution is 0.0274. The number of carbonyl (C=O) groups is 1. The summed E-state index contributed by atoms with van der Waals surface area (Å²) in [5, 5.41) is -0.164. The van der Waals surface area contributed by atoms with Crippen LogP contribution in [0.1, 0.15) is 27.2 Å². The van der Waals surface area contributed by atoms with Gasteiger partial charge in [0.1, 0.15) is 5.60 Å². The van der Waals surface area contributed by atoms with Gasteiger partial charge in [0.2, 0.25) is 0 Å². The summed E-state index contributed by atoms with van der Waals surface area (Å²) in [6.07, 6.45) is 0.692. The minimum atomic E-state index is -0.447. The number of thiol groups is 1. The fraction of sp³-hybridized carbons (Fsp3) is 0.917. The van der Waals surface area contributed by atoms with Crippen molar-refractivity contribution in [1.82, 2.24) is 10.3 Å². The van der Waals surface area contributed by atoms with Crippen LogP contribution in [-0.2, 0) is 9.47 Å². The first-order chi connectivity index (χ1) is 8.81. The monoisotopic (exact) mass is 291 g/mol. The topological polar surface area (TPSA) is 76.8 Å². The van der Waals surface area contributed by atoms with Crippen LogP contribution in [0.2, 0.25) is 0 Å². The van der Waals surface area contributed by atoms with E-state index in [0.717, 1.165) is 13.0 Å². The highest BCUT2D eigenvalue weighted by Gasteiger charge is 2.29. The molecule has 19 heavy (non-hydrogen) atoms. The second-order valence-electron chi connectivity index (χ2n) is 5.80. The van der Waals surface area contributed by atoms with Crippen LogP contribution in [0.4, 0.5) is 4.79 Å². The molecule has 0 aromatic heterocycles. The number of nitrogens with one attached hydrogen (secondary N) is 1. The van der Waals surface area contributed by atoms with Gasteiger partial charge in [-0.1, -0.05) is 0 Å². The van der Waals surface area contributed by atoms with Gasteiger partial charge in [-0.15, -0.1) is 0 Å². The third kappa shape index (κ3) is 6.47. The van der Waals surface area contributed by atoms with Crippen LogP contribution >= 0.6 is 12.6 Å². The summed E-state index contributed by atoms with van der Waals surface area (Å²) in [6.45, 7) is 8.07. The maximum atomic E-state index is 11.9. The lowest BCUT2D eigenvalue weighted by Gasteiger charge is -2.24. The van der Waals surface area contributed by atoms with E-state index in [0.29, 0.717) is 25.7 Å².